The second kappa shape index (κ2) is 8.85. The van der Waals surface area contributed by atoms with Gasteiger partial charge in [-0.05, 0) is 45.1 Å². The first kappa shape index (κ1) is 20.5. The van der Waals surface area contributed by atoms with Gasteiger partial charge in [-0.25, -0.2) is 9.78 Å². The highest BCUT2D eigenvalue weighted by atomic mass is 32.1. The number of fused-ring (bicyclic) bond motifs is 1. The molecule has 0 spiro atoms. The zero-order chi connectivity index (χ0) is 20.3. The summed E-state index contributed by atoms with van der Waals surface area (Å²) < 4.78 is 5.60. The first-order valence-electron chi connectivity index (χ1n) is 8.95. The lowest BCUT2D eigenvalue weighted by molar-refractivity contribution is -0.112. The number of nitrogens with one attached hydrogen (secondary N) is 1. The fraction of sp³-hybridized carbons (Fsp3) is 0.421. The van der Waals surface area contributed by atoms with Crippen molar-refractivity contribution in [1.82, 2.24) is 4.98 Å². The van der Waals surface area contributed by atoms with E-state index in [1.165, 1.54) is 15.3 Å². The molecule has 3 heterocycles. The molecule has 1 aliphatic heterocycles. The average molecular weight is 423 g/mol. The van der Waals surface area contributed by atoms with Crippen LogP contribution >= 0.6 is 22.7 Å². The van der Waals surface area contributed by atoms with Crippen molar-refractivity contribution in [2.24, 2.45) is 0 Å². The van der Waals surface area contributed by atoms with E-state index in [1.54, 1.807) is 22.7 Å². The molecule has 2 aromatic heterocycles. The minimum absolute atomic E-state index is 0.0401. The number of carbonyl (C=O) groups excluding carboxylic acids is 1. The van der Waals surface area contributed by atoms with Crippen LogP contribution in [-0.2, 0) is 22.6 Å². The molecule has 0 radical (unpaired) electrons. The number of carboxylic acid groups (broad SMARTS) is 2. The summed E-state index contributed by atoms with van der Waals surface area (Å²) in [7, 11) is 0. The Balaban J connectivity index is 0.000000516. The highest BCUT2D eigenvalue weighted by molar-refractivity contribution is 7.19. The highest BCUT2D eigenvalue weighted by Crippen LogP contribution is 2.45. The van der Waals surface area contributed by atoms with E-state index in [-0.39, 0.29) is 5.91 Å². The number of nitrogens with zero attached hydrogens (tertiary/aromatic N) is 1. The Morgan fingerprint density at radius 2 is 1.96 bits per heavy atom. The van der Waals surface area contributed by atoms with Gasteiger partial charge in [0.1, 0.15) is 10.0 Å². The maximum Gasteiger partial charge on any atom is 0.503 e. The number of amides is 1. The number of ether oxygens (including phenoxy) is 1. The van der Waals surface area contributed by atoms with E-state index >= 15 is 0 Å². The molecule has 0 fully saturated rings. The van der Waals surface area contributed by atoms with E-state index in [9.17, 15) is 4.79 Å². The van der Waals surface area contributed by atoms with Crippen molar-refractivity contribution in [3.05, 3.63) is 32.7 Å². The number of aromatic nitrogens is 1. The number of rotatable bonds is 3. The monoisotopic (exact) mass is 422 g/mol. The molecule has 0 saturated carbocycles. The lowest BCUT2D eigenvalue weighted by Gasteiger charge is -2.13. The number of carbonyl (C=O) groups is 2. The Hall–Kier alpha value is -2.23. The van der Waals surface area contributed by atoms with Crippen LogP contribution in [0.3, 0.4) is 0 Å². The number of thiophene rings is 1. The van der Waals surface area contributed by atoms with E-state index in [1.807, 2.05) is 6.92 Å². The molecule has 150 valence electrons. The van der Waals surface area contributed by atoms with Crippen LogP contribution in [0, 0.1) is 13.8 Å². The minimum Gasteiger partial charge on any atom is -0.450 e. The molecule has 28 heavy (non-hydrogen) atoms. The molecule has 1 aliphatic carbocycles. The van der Waals surface area contributed by atoms with Crippen LogP contribution in [0.4, 0.5) is 9.80 Å². The number of anilines is 1. The van der Waals surface area contributed by atoms with Crippen molar-refractivity contribution < 1.29 is 24.5 Å². The van der Waals surface area contributed by atoms with Crippen LogP contribution in [-0.4, -0.2) is 33.9 Å². The second-order valence-corrected chi connectivity index (χ2v) is 8.84. The number of allylic oxidation sites excluding steroid dienone is 1. The lowest BCUT2D eigenvalue weighted by atomic mass is 10.1. The van der Waals surface area contributed by atoms with E-state index in [0.29, 0.717) is 6.61 Å². The number of thiazole rings is 1. The first-order valence-corrected chi connectivity index (χ1v) is 10.6. The third-order valence-electron chi connectivity index (χ3n) is 4.62. The molecule has 7 nitrogen and oxygen atoms in total. The standard InChI is InChI=1S/C18H20N2O2S2.CH2O3/c1-10-11(2)23-17(19-10)15-13-7-8-22-9-14(13)24-18(15)20-16(21)12-5-3-4-6-12;2-1(3)4/h5H,3-4,6-9H2,1-2H3,(H,20,21);(H2,2,3,4). The summed E-state index contributed by atoms with van der Waals surface area (Å²) in [6.07, 6.45) is 4.08. The molecule has 0 aromatic carbocycles. The number of hydrogen-bond donors (Lipinski definition) is 3. The summed E-state index contributed by atoms with van der Waals surface area (Å²) in [5.74, 6) is 0.0401. The lowest BCUT2D eigenvalue weighted by Crippen LogP contribution is -2.13. The molecule has 3 N–H and O–H groups in total. The molecule has 1 amide bonds. The highest BCUT2D eigenvalue weighted by Gasteiger charge is 2.26. The van der Waals surface area contributed by atoms with Gasteiger partial charge in [-0.15, -0.1) is 22.7 Å². The van der Waals surface area contributed by atoms with Crippen LogP contribution in [0.15, 0.2) is 11.6 Å². The van der Waals surface area contributed by atoms with E-state index in [4.69, 9.17) is 24.7 Å². The predicted octanol–water partition coefficient (Wildman–Crippen LogP) is 4.83. The Bertz CT molecular complexity index is 906. The van der Waals surface area contributed by atoms with Gasteiger partial charge in [0.25, 0.3) is 5.91 Å². The zero-order valence-electron chi connectivity index (χ0n) is 15.7. The van der Waals surface area contributed by atoms with Gasteiger partial charge in [-0.2, -0.15) is 0 Å². The van der Waals surface area contributed by atoms with Gasteiger partial charge in [-0.1, -0.05) is 6.08 Å². The smallest absolute Gasteiger partial charge is 0.450 e. The second-order valence-electron chi connectivity index (χ2n) is 6.53. The van der Waals surface area contributed by atoms with Crippen LogP contribution < -0.4 is 5.32 Å². The predicted molar refractivity (Wildman–Crippen MR) is 109 cm³/mol. The quantitative estimate of drug-likeness (QED) is 0.653. The fourth-order valence-corrected chi connectivity index (χ4v) is 5.43. The van der Waals surface area contributed by atoms with Crippen LogP contribution in [0.25, 0.3) is 10.6 Å². The van der Waals surface area contributed by atoms with E-state index in [0.717, 1.165) is 59.1 Å². The third kappa shape index (κ3) is 4.60. The van der Waals surface area contributed by atoms with Gasteiger partial charge in [-0.3, -0.25) is 4.79 Å². The summed E-state index contributed by atoms with van der Waals surface area (Å²) in [4.78, 5) is 28.3. The molecular formula is C19H22N2O5S2. The van der Waals surface area contributed by atoms with Crippen molar-refractivity contribution in [1.29, 1.82) is 0 Å². The minimum atomic E-state index is -1.83. The molecule has 2 aliphatic rings. The maximum atomic E-state index is 12.6. The normalized spacial score (nSPS) is 15.3. The molecule has 0 atom stereocenters. The van der Waals surface area contributed by atoms with Crippen LogP contribution in [0.2, 0.25) is 0 Å². The van der Waals surface area contributed by atoms with E-state index in [2.05, 4.69) is 18.3 Å². The zero-order valence-corrected chi connectivity index (χ0v) is 17.3. The Kier molecular flexibility index (Phi) is 6.48. The van der Waals surface area contributed by atoms with Crippen LogP contribution in [0.5, 0.6) is 0 Å². The van der Waals surface area contributed by atoms with Gasteiger partial charge >= 0.3 is 6.16 Å². The molecule has 0 unspecified atom stereocenters. The molecule has 9 heteroatoms. The van der Waals surface area contributed by atoms with Crippen molar-refractivity contribution in [3.63, 3.8) is 0 Å². The molecule has 0 saturated heterocycles. The van der Waals surface area contributed by atoms with Gasteiger partial charge in [0.05, 0.1) is 18.9 Å². The van der Waals surface area contributed by atoms with Crippen molar-refractivity contribution in [2.45, 2.75) is 46.1 Å². The summed E-state index contributed by atoms with van der Waals surface area (Å²) in [5.41, 5.74) is 4.40. The maximum absolute atomic E-state index is 12.6. The fourth-order valence-electron chi connectivity index (χ4n) is 3.19. The molecule has 2 aromatic rings. The Morgan fingerprint density at radius 3 is 2.57 bits per heavy atom. The SMILES string of the molecule is Cc1nc(-c2c(NC(=O)C3=CCCC3)sc3c2CCOC3)sc1C.O=C(O)O. The van der Waals surface area contributed by atoms with Crippen molar-refractivity contribution in [2.75, 3.05) is 11.9 Å². The summed E-state index contributed by atoms with van der Waals surface area (Å²) in [6, 6.07) is 0. The van der Waals surface area contributed by atoms with Gasteiger partial charge < -0.3 is 20.3 Å². The largest absolute Gasteiger partial charge is 0.503 e. The topological polar surface area (TPSA) is 109 Å². The van der Waals surface area contributed by atoms with E-state index < -0.39 is 6.16 Å². The average Bonchev–Trinajstić information content (AvgIpc) is 3.34. The Morgan fingerprint density at radius 1 is 1.21 bits per heavy atom. The summed E-state index contributed by atoms with van der Waals surface area (Å²) in [5, 5.41) is 19.0. The van der Waals surface area contributed by atoms with Gasteiger partial charge in [0.2, 0.25) is 0 Å². The molecule has 4 rings (SSSR count). The van der Waals surface area contributed by atoms with Crippen molar-refractivity contribution >= 4 is 39.7 Å². The number of aryl methyl sites for hydroxylation is 2. The molecule has 0 bridgehead atoms. The summed E-state index contributed by atoms with van der Waals surface area (Å²) >= 11 is 3.35. The molecular weight excluding hydrogens is 400 g/mol. The summed E-state index contributed by atoms with van der Waals surface area (Å²) in [6.45, 7) is 5.51. The van der Waals surface area contributed by atoms with Gasteiger partial charge in [0, 0.05) is 20.9 Å². The third-order valence-corrected chi connectivity index (χ3v) is 6.83. The van der Waals surface area contributed by atoms with Gasteiger partial charge in [0.15, 0.2) is 0 Å². The first-order chi connectivity index (χ1) is 13.4. The van der Waals surface area contributed by atoms with Crippen molar-refractivity contribution in [3.8, 4) is 10.6 Å². The Labute approximate surface area is 170 Å². The van der Waals surface area contributed by atoms with Crippen LogP contribution in [0.1, 0.15) is 40.3 Å². The number of hydrogen-bond acceptors (Lipinski definition) is 6.